The zero-order chi connectivity index (χ0) is 18.4. The summed E-state index contributed by atoms with van der Waals surface area (Å²) in [6, 6.07) is 16.0. The first-order valence-electron chi connectivity index (χ1n) is 9.00. The molecular formula is C21H27NO4. The molecule has 1 N–H and O–H groups in total. The third-order valence-corrected chi connectivity index (χ3v) is 4.53. The van der Waals surface area contributed by atoms with Crippen molar-refractivity contribution in [2.45, 2.75) is 31.5 Å². The molecule has 1 saturated carbocycles. The maximum atomic E-state index is 10.4. The highest BCUT2D eigenvalue weighted by molar-refractivity contribution is 5.31. The molecule has 0 saturated heterocycles. The molecular weight excluding hydrogens is 330 g/mol. The monoisotopic (exact) mass is 357 g/mol. The molecule has 26 heavy (non-hydrogen) atoms. The molecule has 0 aliphatic heterocycles. The van der Waals surface area contributed by atoms with Gasteiger partial charge in [0.25, 0.3) is 0 Å². The highest BCUT2D eigenvalue weighted by Gasteiger charge is 2.30. The average Bonchev–Trinajstić information content (AvgIpc) is 3.52. The van der Waals surface area contributed by atoms with Crippen LogP contribution in [0.4, 0.5) is 0 Å². The molecule has 0 aromatic heterocycles. The maximum absolute atomic E-state index is 10.4. The van der Waals surface area contributed by atoms with Gasteiger partial charge >= 0.3 is 0 Å². The van der Waals surface area contributed by atoms with Crippen molar-refractivity contribution >= 4 is 0 Å². The number of hydrogen-bond acceptors (Lipinski definition) is 5. The van der Waals surface area contributed by atoms with E-state index in [9.17, 15) is 5.11 Å². The first kappa shape index (κ1) is 18.5. The SMILES string of the molecule is COc1ccc(OC[C@@H](O)CN(Cc2cccc(OC)c2)C2CC2)cc1. The standard InChI is InChI=1S/C21H27NO4/c1-24-19-8-10-20(11-9-19)26-15-18(23)14-22(17-6-7-17)13-16-4-3-5-21(12-16)25-2/h3-5,8-12,17-18,23H,6-7,13-15H2,1-2H3/t18-/m0/s1. The van der Waals surface area contributed by atoms with E-state index in [1.807, 2.05) is 36.4 Å². The van der Waals surface area contributed by atoms with Crippen molar-refractivity contribution < 1.29 is 19.3 Å². The van der Waals surface area contributed by atoms with Crippen LogP contribution in [0.25, 0.3) is 0 Å². The quantitative estimate of drug-likeness (QED) is 0.708. The van der Waals surface area contributed by atoms with E-state index < -0.39 is 6.10 Å². The van der Waals surface area contributed by atoms with Crippen LogP contribution < -0.4 is 14.2 Å². The van der Waals surface area contributed by atoms with Gasteiger partial charge in [-0.25, -0.2) is 0 Å². The van der Waals surface area contributed by atoms with Crippen molar-refractivity contribution in [3.63, 3.8) is 0 Å². The van der Waals surface area contributed by atoms with Crippen molar-refractivity contribution in [2.24, 2.45) is 0 Å². The number of rotatable bonds is 10. The van der Waals surface area contributed by atoms with E-state index in [1.165, 1.54) is 18.4 Å². The Balaban J connectivity index is 1.52. The Labute approximate surface area is 155 Å². The van der Waals surface area contributed by atoms with E-state index in [0.29, 0.717) is 12.6 Å². The summed E-state index contributed by atoms with van der Waals surface area (Å²) >= 11 is 0. The van der Waals surface area contributed by atoms with Crippen molar-refractivity contribution in [1.82, 2.24) is 4.90 Å². The lowest BCUT2D eigenvalue weighted by atomic mass is 10.2. The molecule has 5 heteroatoms. The number of aliphatic hydroxyl groups excluding tert-OH is 1. The molecule has 0 radical (unpaired) electrons. The molecule has 0 unspecified atom stereocenters. The van der Waals surface area contributed by atoms with Gasteiger partial charge in [-0.05, 0) is 54.8 Å². The molecule has 0 spiro atoms. The number of ether oxygens (including phenoxy) is 3. The highest BCUT2D eigenvalue weighted by atomic mass is 16.5. The molecule has 0 amide bonds. The molecule has 1 fully saturated rings. The second-order valence-electron chi connectivity index (χ2n) is 6.65. The van der Waals surface area contributed by atoms with Crippen molar-refractivity contribution in [3.8, 4) is 17.2 Å². The smallest absolute Gasteiger partial charge is 0.119 e. The number of hydrogen-bond donors (Lipinski definition) is 1. The van der Waals surface area contributed by atoms with Crippen LogP contribution in [-0.2, 0) is 6.54 Å². The van der Waals surface area contributed by atoms with Crippen LogP contribution in [0.5, 0.6) is 17.2 Å². The van der Waals surface area contributed by atoms with Crippen molar-refractivity contribution in [3.05, 3.63) is 54.1 Å². The molecule has 1 atom stereocenters. The van der Waals surface area contributed by atoms with Crippen LogP contribution in [0.1, 0.15) is 18.4 Å². The largest absolute Gasteiger partial charge is 0.497 e. The van der Waals surface area contributed by atoms with Gasteiger partial charge in [0.1, 0.15) is 30.0 Å². The molecule has 140 valence electrons. The molecule has 0 bridgehead atoms. The fourth-order valence-corrected chi connectivity index (χ4v) is 2.98. The normalized spacial score (nSPS) is 14.9. The lowest BCUT2D eigenvalue weighted by molar-refractivity contribution is 0.0626. The maximum Gasteiger partial charge on any atom is 0.119 e. The predicted molar refractivity (Wildman–Crippen MR) is 101 cm³/mol. The van der Waals surface area contributed by atoms with Crippen molar-refractivity contribution in [1.29, 1.82) is 0 Å². The lowest BCUT2D eigenvalue weighted by Crippen LogP contribution is -2.36. The van der Waals surface area contributed by atoms with E-state index in [1.54, 1.807) is 14.2 Å². The van der Waals surface area contributed by atoms with Gasteiger partial charge in [-0.1, -0.05) is 12.1 Å². The molecule has 1 aliphatic carbocycles. The van der Waals surface area contributed by atoms with E-state index in [0.717, 1.165) is 23.8 Å². The number of benzene rings is 2. The summed E-state index contributed by atoms with van der Waals surface area (Å²) in [6.45, 7) is 1.67. The summed E-state index contributed by atoms with van der Waals surface area (Å²) in [5.41, 5.74) is 1.19. The summed E-state index contributed by atoms with van der Waals surface area (Å²) < 4.78 is 16.1. The molecule has 2 aromatic rings. The fourth-order valence-electron chi connectivity index (χ4n) is 2.98. The predicted octanol–water partition coefficient (Wildman–Crippen LogP) is 3.11. The topological polar surface area (TPSA) is 51.2 Å². The Bertz CT molecular complexity index is 685. The Morgan fingerprint density at radius 3 is 2.35 bits per heavy atom. The van der Waals surface area contributed by atoms with E-state index in [4.69, 9.17) is 14.2 Å². The molecule has 5 nitrogen and oxygen atoms in total. The van der Waals surface area contributed by atoms with E-state index in [-0.39, 0.29) is 6.61 Å². The van der Waals surface area contributed by atoms with Gasteiger partial charge in [0.2, 0.25) is 0 Å². The summed E-state index contributed by atoms with van der Waals surface area (Å²) in [5, 5.41) is 10.4. The summed E-state index contributed by atoms with van der Waals surface area (Å²) in [7, 11) is 3.31. The minimum absolute atomic E-state index is 0.271. The molecule has 1 aliphatic rings. The summed E-state index contributed by atoms with van der Waals surface area (Å²) in [5.74, 6) is 2.38. The van der Waals surface area contributed by atoms with Crippen molar-refractivity contribution in [2.75, 3.05) is 27.4 Å². The van der Waals surface area contributed by atoms with Gasteiger partial charge in [0.05, 0.1) is 14.2 Å². The third kappa shape index (κ3) is 5.38. The number of methoxy groups -OCH3 is 2. The van der Waals surface area contributed by atoms with Crippen LogP contribution in [0.2, 0.25) is 0 Å². The first-order chi connectivity index (χ1) is 12.7. The fraction of sp³-hybridized carbons (Fsp3) is 0.429. The second-order valence-corrected chi connectivity index (χ2v) is 6.65. The second kappa shape index (κ2) is 8.92. The van der Waals surface area contributed by atoms with Crippen LogP contribution in [0.15, 0.2) is 48.5 Å². The van der Waals surface area contributed by atoms with Gasteiger partial charge in [-0.2, -0.15) is 0 Å². The Morgan fingerprint density at radius 1 is 1.00 bits per heavy atom. The minimum Gasteiger partial charge on any atom is -0.497 e. The van der Waals surface area contributed by atoms with Gasteiger partial charge in [0, 0.05) is 19.1 Å². The van der Waals surface area contributed by atoms with Crippen LogP contribution in [0, 0.1) is 0 Å². The van der Waals surface area contributed by atoms with Crippen LogP contribution in [0.3, 0.4) is 0 Å². The van der Waals surface area contributed by atoms with E-state index in [2.05, 4.69) is 17.0 Å². The Hall–Kier alpha value is -2.24. The first-order valence-corrected chi connectivity index (χ1v) is 9.00. The third-order valence-electron chi connectivity index (χ3n) is 4.53. The van der Waals surface area contributed by atoms with Crippen LogP contribution >= 0.6 is 0 Å². The highest BCUT2D eigenvalue weighted by Crippen LogP contribution is 2.29. The zero-order valence-corrected chi connectivity index (χ0v) is 15.4. The molecule has 3 rings (SSSR count). The van der Waals surface area contributed by atoms with Gasteiger partial charge in [0.15, 0.2) is 0 Å². The van der Waals surface area contributed by atoms with Gasteiger partial charge in [-0.3, -0.25) is 4.90 Å². The molecule has 0 heterocycles. The molecule has 2 aromatic carbocycles. The zero-order valence-electron chi connectivity index (χ0n) is 15.4. The van der Waals surface area contributed by atoms with Crippen LogP contribution in [-0.4, -0.2) is 49.5 Å². The van der Waals surface area contributed by atoms with Gasteiger partial charge < -0.3 is 19.3 Å². The Kier molecular flexibility index (Phi) is 6.36. The summed E-state index contributed by atoms with van der Waals surface area (Å²) in [6.07, 6.45) is 1.84. The van der Waals surface area contributed by atoms with E-state index >= 15 is 0 Å². The lowest BCUT2D eigenvalue weighted by Gasteiger charge is -2.25. The summed E-state index contributed by atoms with van der Waals surface area (Å²) in [4.78, 5) is 2.33. The average molecular weight is 357 g/mol. The number of aliphatic hydroxyl groups is 1. The Morgan fingerprint density at radius 2 is 1.69 bits per heavy atom. The minimum atomic E-state index is -0.539. The van der Waals surface area contributed by atoms with Gasteiger partial charge in [-0.15, -0.1) is 0 Å². The number of nitrogens with zero attached hydrogens (tertiary/aromatic N) is 1.